The smallest absolute Gasteiger partial charge is 0.408 e. The van der Waals surface area contributed by atoms with E-state index in [9.17, 15) is 19.2 Å². The van der Waals surface area contributed by atoms with Crippen LogP contribution < -0.4 is 20.7 Å². The number of nitrogens with zero attached hydrogens (tertiary/aromatic N) is 1. The van der Waals surface area contributed by atoms with E-state index < -0.39 is 17.7 Å². The van der Waals surface area contributed by atoms with E-state index in [4.69, 9.17) is 9.47 Å². The van der Waals surface area contributed by atoms with Crippen molar-refractivity contribution >= 4 is 40.4 Å². The highest BCUT2D eigenvalue weighted by Gasteiger charge is 2.31. The Balaban J connectivity index is 1.37. The molecule has 4 amide bonds. The number of carbonyl (C=O) groups excluding carboxylic acids is 4. The van der Waals surface area contributed by atoms with E-state index in [1.165, 1.54) is 0 Å². The molecule has 230 valence electrons. The van der Waals surface area contributed by atoms with Crippen molar-refractivity contribution in [2.24, 2.45) is 5.92 Å². The minimum absolute atomic E-state index is 0.176. The molecule has 43 heavy (non-hydrogen) atoms. The van der Waals surface area contributed by atoms with E-state index in [0.29, 0.717) is 50.4 Å². The van der Waals surface area contributed by atoms with Gasteiger partial charge in [0.1, 0.15) is 23.9 Å². The van der Waals surface area contributed by atoms with Gasteiger partial charge in [-0.3, -0.25) is 14.4 Å². The molecule has 1 aliphatic heterocycles. The third kappa shape index (κ3) is 8.97. The summed E-state index contributed by atoms with van der Waals surface area (Å²) in [6.45, 7) is 8.26. The topological polar surface area (TPSA) is 142 Å². The van der Waals surface area contributed by atoms with Crippen LogP contribution in [0.5, 0.6) is 5.75 Å². The Bertz CT molecular complexity index is 1420. The number of aromatic nitrogens is 1. The predicted molar refractivity (Wildman–Crippen MR) is 164 cm³/mol. The molecule has 2 heterocycles. The molecule has 1 aliphatic rings. The lowest BCUT2D eigenvalue weighted by molar-refractivity contribution is -0.135. The number of nitrogens with one attached hydrogen (secondary N) is 4. The van der Waals surface area contributed by atoms with E-state index in [-0.39, 0.29) is 30.2 Å². The average molecular weight is 592 g/mol. The Morgan fingerprint density at radius 3 is 2.40 bits per heavy atom. The lowest BCUT2D eigenvalue weighted by atomic mass is 9.94. The zero-order valence-electron chi connectivity index (χ0n) is 25.2. The summed E-state index contributed by atoms with van der Waals surface area (Å²) in [6, 6.07) is 14.1. The van der Waals surface area contributed by atoms with Gasteiger partial charge in [-0.15, -0.1) is 0 Å². The third-order valence-corrected chi connectivity index (χ3v) is 7.17. The fourth-order valence-corrected chi connectivity index (χ4v) is 5.01. The number of hydrogen-bond acceptors (Lipinski definition) is 6. The van der Waals surface area contributed by atoms with Gasteiger partial charge in [0.2, 0.25) is 17.7 Å². The molecule has 1 saturated heterocycles. The number of aromatic amines is 1. The van der Waals surface area contributed by atoms with Gasteiger partial charge in [-0.25, -0.2) is 4.79 Å². The van der Waals surface area contributed by atoms with E-state index in [1.54, 1.807) is 49.9 Å². The molecule has 1 atom stereocenters. The molecule has 1 unspecified atom stereocenters. The number of likely N-dealkylation sites (tertiary alicyclic amines) is 1. The van der Waals surface area contributed by atoms with Gasteiger partial charge in [0.05, 0.1) is 6.61 Å². The molecule has 0 saturated carbocycles. The lowest BCUT2D eigenvalue weighted by Crippen LogP contribution is -2.50. The summed E-state index contributed by atoms with van der Waals surface area (Å²) in [5.74, 6) is -0.452. The van der Waals surface area contributed by atoms with Gasteiger partial charge in [0.15, 0.2) is 0 Å². The molecule has 0 spiro atoms. The fraction of sp³-hybridized carbons (Fsp3) is 0.438. The molecule has 4 N–H and O–H groups in total. The normalized spacial score (nSPS) is 14.6. The fourth-order valence-electron chi connectivity index (χ4n) is 5.01. The number of piperidine rings is 1. The average Bonchev–Trinajstić information content (AvgIpc) is 3.38. The van der Waals surface area contributed by atoms with Gasteiger partial charge in [0, 0.05) is 48.2 Å². The molecule has 1 fully saturated rings. The van der Waals surface area contributed by atoms with E-state index in [0.717, 1.165) is 16.5 Å². The Kier molecular flexibility index (Phi) is 10.3. The summed E-state index contributed by atoms with van der Waals surface area (Å²) >= 11 is 0. The van der Waals surface area contributed by atoms with Crippen LogP contribution in [-0.2, 0) is 25.5 Å². The largest absolute Gasteiger partial charge is 0.494 e. The highest BCUT2D eigenvalue weighted by Crippen LogP contribution is 2.22. The van der Waals surface area contributed by atoms with Crippen molar-refractivity contribution in [3.8, 4) is 5.75 Å². The summed E-state index contributed by atoms with van der Waals surface area (Å²) in [4.78, 5) is 56.3. The van der Waals surface area contributed by atoms with Crippen LogP contribution in [0.25, 0.3) is 10.9 Å². The molecule has 1 aromatic heterocycles. The number of carbonyl (C=O) groups is 4. The number of amides is 4. The first kappa shape index (κ1) is 31.4. The SMILES string of the molecule is CCOc1ccc(NC(=O)C(Cc2c[nH]c3ccccc23)NC(=O)C2CCN(C(=O)CNC(=O)OC(C)(C)C)CC2)cc1. The second kappa shape index (κ2) is 14.1. The van der Waals surface area contributed by atoms with Crippen LogP contribution in [0.15, 0.2) is 54.7 Å². The van der Waals surface area contributed by atoms with Crippen LogP contribution in [-0.4, -0.2) is 71.6 Å². The van der Waals surface area contributed by atoms with E-state index in [1.807, 2.05) is 37.4 Å². The van der Waals surface area contributed by atoms with Gasteiger partial charge < -0.3 is 35.3 Å². The van der Waals surface area contributed by atoms with Crippen molar-refractivity contribution < 1.29 is 28.7 Å². The van der Waals surface area contributed by atoms with Gasteiger partial charge in [-0.2, -0.15) is 0 Å². The molecule has 3 aromatic rings. The Labute approximate surface area is 251 Å². The van der Waals surface area contributed by atoms with Gasteiger partial charge in [-0.1, -0.05) is 18.2 Å². The first-order valence-electron chi connectivity index (χ1n) is 14.7. The number of anilines is 1. The Hall–Kier alpha value is -4.54. The molecule has 11 nitrogen and oxygen atoms in total. The van der Waals surface area contributed by atoms with Gasteiger partial charge in [0.25, 0.3) is 0 Å². The van der Waals surface area contributed by atoms with Gasteiger partial charge in [-0.05, 0) is 76.4 Å². The van der Waals surface area contributed by atoms with Crippen LogP contribution in [0.4, 0.5) is 10.5 Å². The highest BCUT2D eigenvalue weighted by atomic mass is 16.6. The number of alkyl carbamates (subject to hydrolysis) is 1. The standard InChI is InChI=1S/C32H41N5O6/c1-5-42-24-12-10-23(11-13-24)35-30(40)27(18-22-19-33-26-9-7-6-8-25(22)26)36-29(39)21-14-16-37(17-15-21)28(38)20-34-31(41)43-32(2,3)4/h6-13,19,21,27,33H,5,14-18,20H2,1-4H3,(H,34,41)(H,35,40)(H,36,39). The Morgan fingerprint density at radius 2 is 1.72 bits per heavy atom. The number of para-hydroxylation sites is 1. The summed E-state index contributed by atoms with van der Waals surface area (Å²) in [7, 11) is 0. The zero-order valence-corrected chi connectivity index (χ0v) is 25.2. The van der Waals surface area contributed by atoms with Crippen molar-refractivity contribution in [2.45, 2.75) is 58.6 Å². The Morgan fingerprint density at radius 1 is 1.02 bits per heavy atom. The molecular formula is C32H41N5O6. The quantitative estimate of drug-likeness (QED) is 0.281. The highest BCUT2D eigenvalue weighted by molar-refractivity contribution is 5.98. The number of fused-ring (bicyclic) bond motifs is 1. The van der Waals surface area contributed by atoms with Crippen LogP contribution >= 0.6 is 0 Å². The second-order valence-corrected chi connectivity index (χ2v) is 11.6. The van der Waals surface area contributed by atoms with Crippen molar-refractivity contribution in [1.29, 1.82) is 0 Å². The minimum atomic E-state index is -0.823. The monoisotopic (exact) mass is 591 g/mol. The van der Waals surface area contributed by atoms with Gasteiger partial charge >= 0.3 is 6.09 Å². The van der Waals surface area contributed by atoms with Crippen molar-refractivity contribution in [1.82, 2.24) is 20.5 Å². The summed E-state index contributed by atoms with van der Waals surface area (Å²) < 4.78 is 10.7. The van der Waals surface area contributed by atoms with Crippen LogP contribution in [0.1, 0.15) is 46.1 Å². The van der Waals surface area contributed by atoms with Crippen molar-refractivity contribution in [3.63, 3.8) is 0 Å². The minimum Gasteiger partial charge on any atom is -0.494 e. The number of rotatable bonds is 10. The van der Waals surface area contributed by atoms with Crippen LogP contribution in [0.2, 0.25) is 0 Å². The molecule has 11 heteroatoms. The number of H-pyrrole nitrogens is 1. The zero-order chi connectivity index (χ0) is 31.0. The summed E-state index contributed by atoms with van der Waals surface area (Å²) in [5.41, 5.74) is 1.81. The molecular weight excluding hydrogens is 550 g/mol. The summed E-state index contributed by atoms with van der Waals surface area (Å²) in [5, 5.41) is 9.38. The first-order valence-corrected chi connectivity index (χ1v) is 14.7. The third-order valence-electron chi connectivity index (χ3n) is 7.17. The molecule has 4 rings (SSSR count). The maximum Gasteiger partial charge on any atom is 0.408 e. The predicted octanol–water partition coefficient (Wildman–Crippen LogP) is 4.00. The lowest BCUT2D eigenvalue weighted by Gasteiger charge is -2.32. The van der Waals surface area contributed by atoms with Crippen molar-refractivity contribution in [2.75, 3.05) is 31.6 Å². The van der Waals surface area contributed by atoms with E-state index in [2.05, 4.69) is 20.9 Å². The molecule has 0 bridgehead atoms. The molecule has 0 radical (unpaired) electrons. The molecule has 2 aromatic carbocycles. The number of hydrogen-bond donors (Lipinski definition) is 4. The molecule has 0 aliphatic carbocycles. The van der Waals surface area contributed by atoms with Crippen LogP contribution in [0, 0.1) is 5.92 Å². The summed E-state index contributed by atoms with van der Waals surface area (Å²) in [6.07, 6.45) is 2.41. The first-order chi connectivity index (χ1) is 20.5. The van der Waals surface area contributed by atoms with Crippen molar-refractivity contribution in [3.05, 3.63) is 60.3 Å². The second-order valence-electron chi connectivity index (χ2n) is 11.6. The van der Waals surface area contributed by atoms with Crippen LogP contribution in [0.3, 0.4) is 0 Å². The maximum absolute atomic E-state index is 13.5. The number of benzene rings is 2. The maximum atomic E-state index is 13.5. The number of ether oxygens (including phenoxy) is 2. The van der Waals surface area contributed by atoms with E-state index >= 15 is 0 Å².